The number of ketones is 1. The summed E-state index contributed by atoms with van der Waals surface area (Å²) in [5.41, 5.74) is 1.24. The van der Waals surface area contributed by atoms with Crippen molar-refractivity contribution in [2.45, 2.75) is 31.8 Å². The van der Waals surface area contributed by atoms with Crippen LogP contribution in [0, 0.1) is 6.92 Å². The van der Waals surface area contributed by atoms with Crippen LogP contribution in [0.1, 0.15) is 45.5 Å². The summed E-state index contributed by atoms with van der Waals surface area (Å²) in [6.07, 6.45) is 1.46. The van der Waals surface area contributed by atoms with E-state index in [4.69, 9.17) is 39.5 Å². The molecule has 0 atom stereocenters. The van der Waals surface area contributed by atoms with Crippen LogP contribution in [-0.2, 0) is 0 Å². The van der Waals surface area contributed by atoms with Gasteiger partial charge in [-0.1, -0.05) is 34.8 Å². The number of rotatable bonds is 1. The third kappa shape index (κ3) is 3.49. The summed E-state index contributed by atoms with van der Waals surface area (Å²) in [6, 6.07) is 8.32. The molecule has 146 valence electrons. The third-order valence-electron chi connectivity index (χ3n) is 5.46. The molecule has 4 nitrogen and oxygen atoms in total. The number of aryl methyl sites for hydroxylation is 1. The zero-order chi connectivity index (χ0) is 20.1. The standard InChI is InChI=1S/C21H18Cl3NO3/c1-12-8-14(23)9-16-18(26)11-21(28-19(12)16)4-6-25(7-5-21)20(27)15-3-2-13(22)10-17(15)24/h2-3,8-10H,4-7,11H2,1H3. The van der Waals surface area contributed by atoms with Crippen LogP contribution in [0.5, 0.6) is 5.75 Å². The van der Waals surface area contributed by atoms with Gasteiger partial charge in [-0.15, -0.1) is 0 Å². The predicted octanol–water partition coefficient (Wildman–Crippen LogP) is 5.60. The van der Waals surface area contributed by atoms with Gasteiger partial charge in [0.1, 0.15) is 11.4 Å². The fourth-order valence-electron chi connectivity index (χ4n) is 3.94. The predicted molar refractivity (Wildman–Crippen MR) is 110 cm³/mol. The zero-order valence-corrected chi connectivity index (χ0v) is 17.5. The molecular formula is C21H18Cl3NO3. The van der Waals surface area contributed by atoms with Crippen LogP contribution in [0.2, 0.25) is 15.1 Å². The summed E-state index contributed by atoms with van der Waals surface area (Å²) in [5, 5.41) is 1.36. The van der Waals surface area contributed by atoms with Gasteiger partial charge in [0.05, 0.1) is 22.6 Å². The lowest BCUT2D eigenvalue weighted by Crippen LogP contribution is -2.52. The Kier molecular flexibility index (Phi) is 5.07. The van der Waals surface area contributed by atoms with Gasteiger partial charge >= 0.3 is 0 Å². The number of fused-ring (bicyclic) bond motifs is 1. The van der Waals surface area contributed by atoms with Crippen LogP contribution >= 0.6 is 34.8 Å². The molecule has 0 bridgehead atoms. The second-order valence-corrected chi connectivity index (χ2v) is 8.68. The van der Waals surface area contributed by atoms with E-state index < -0.39 is 5.60 Å². The summed E-state index contributed by atoms with van der Waals surface area (Å²) in [7, 11) is 0. The van der Waals surface area contributed by atoms with Gasteiger partial charge < -0.3 is 9.64 Å². The van der Waals surface area contributed by atoms with Crippen molar-refractivity contribution in [1.29, 1.82) is 0 Å². The first-order chi connectivity index (χ1) is 13.3. The molecule has 1 amide bonds. The van der Waals surface area contributed by atoms with E-state index in [-0.39, 0.29) is 11.7 Å². The van der Waals surface area contributed by atoms with E-state index in [1.807, 2.05) is 6.92 Å². The van der Waals surface area contributed by atoms with Gasteiger partial charge in [-0.2, -0.15) is 0 Å². The highest BCUT2D eigenvalue weighted by Crippen LogP contribution is 2.42. The quantitative estimate of drug-likeness (QED) is 0.582. The second-order valence-electron chi connectivity index (χ2n) is 7.40. The number of halogens is 3. The highest BCUT2D eigenvalue weighted by Gasteiger charge is 2.44. The molecular weight excluding hydrogens is 421 g/mol. The lowest BCUT2D eigenvalue weighted by Gasteiger charge is -2.44. The number of benzene rings is 2. The molecule has 2 heterocycles. The van der Waals surface area contributed by atoms with E-state index >= 15 is 0 Å². The topological polar surface area (TPSA) is 46.6 Å². The molecule has 1 spiro atoms. The smallest absolute Gasteiger partial charge is 0.255 e. The summed E-state index contributed by atoms with van der Waals surface area (Å²) in [5.74, 6) is 0.510. The summed E-state index contributed by atoms with van der Waals surface area (Å²) in [6.45, 7) is 2.87. The van der Waals surface area contributed by atoms with Crippen molar-refractivity contribution in [1.82, 2.24) is 4.90 Å². The first kappa shape index (κ1) is 19.6. The van der Waals surface area contributed by atoms with Crippen molar-refractivity contribution in [3.8, 4) is 5.75 Å². The Morgan fingerprint density at radius 3 is 2.46 bits per heavy atom. The Morgan fingerprint density at radius 2 is 1.79 bits per heavy atom. The minimum atomic E-state index is -0.580. The summed E-state index contributed by atoms with van der Waals surface area (Å²) < 4.78 is 6.33. The Hall–Kier alpha value is -1.75. The minimum Gasteiger partial charge on any atom is -0.486 e. The van der Waals surface area contributed by atoms with E-state index in [0.29, 0.717) is 64.3 Å². The molecule has 1 fully saturated rings. The van der Waals surface area contributed by atoms with Crippen molar-refractivity contribution in [2.24, 2.45) is 0 Å². The molecule has 2 aliphatic heterocycles. The van der Waals surface area contributed by atoms with E-state index in [2.05, 4.69) is 0 Å². The first-order valence-corrected chi connectivity index (χ1v) is 10.2. The minimum absolute atomic E-state index is 0.0346. The third-order valence-corrected chi connectivity index (χ3v) is 6.23. The number of nitrogens with zero attached hydrogens (tertiary/aromatic N) is 1. The number of carbonyl (C=O) groups excluding carboxylic acids is 2. The largest absolute Gasteiger partial charge is 0.486 e. The number of piperidine rings is 1. The molecule has 28 heavy (non-hydrogen) atoms. The average Bonchev–Trinajstić information content (AvgIpc) is 2.63. The van der Waals surface area contributed by atoms with Crippen molar-refractivity contribution < 1.29 is 14.3 Å². The van der Waals surface area contributed by atoms with Gasteiger partial charge in [-0.05, 0) is 42.8 Å². The highest BCUT2D eigenvalue weighted by molar-refractivity contribution is 6.36. The molecule has 2 aromatic rings. The second kappa shape index (κ2) is 7.25. The van der Waals surface area contributed by atoms with E-state index in [1.165, 1.54) is 0 Å². The lowest BCUT2D eigenvalue weighted by molar-refractivity contribution is -0.00616. The highest BCUT2D eigenvalue weighted by atomic mass is 35.5. The molecule has 2 aromatic carbocycles. The maximum Gasteiger partial charge on any atom is 0.255 e. The van der Waals surface area contributed by atoms with Crippen LogP contribution in [0.15, 0.2) is 30.3 Å². The molecule has 4 rings (SSSR count). The molecule has 0 unspecified atom stereocenters. The summed E-state index contributed by atoms with van der Waals surface area (Å²) in [4.78, 5) is 27.3. The molecule has 2 aliphatic rings. The molecule has 0 N–H and O–H groups in total. The van der Waals surface area contributed by atoms with E-state index in [9.17, 15) is 9.59 Å². The lowest BCUT2D eigenvalue weighted by atomic mass is 9.82. The summed E-state index contributed by atoms with van der Waals surface area (Å²) >= 11 is 18.2. The molecule has 7 heteroatoms. The van der Waals surface area contributed by atoms with Gasteiger partial charge in [-0.25, -0.2) is 0 Å². The molecule has 1 saturated heterocycles. The molecule has 0 radical (unpaired) electrons. The maximum atomic E-state index is 12.8. The van der Waals surface area contributed by atoms with Crippen molar-refractivity contribution in [3.05, 3.63) is 62.1 Å². The van der Waals surface area contributed by atoms with Crippen molar-refractivity contribution in [3.63, 3.8) is 0 Å². The van der Waals surface area contributed by atoms with Gasteiger partial charge in [0, 0.05) is 36.0 Å². The average molecular weight is 439 g/mol. The number of carbonyl (C=O) groups is 2. The molecule has 0 saturated carbocycles. The van der Waals surface area contributed by atoms with Crippen LogP contribution in [0.4, 0.5) is 0 Å². The maximum absolute atomic E-state index is 12.8. The van der Waals surface area contributed by atoms with Crippen LogP contribution in [-0.4, -0.2) is 35.3 Å². The Labute approximate surface area is 178 Å². The Bertz CT molecular complexity index is 981. The number of ether oxygens (including phenoxy) is 1. The number of hydrogen-bond donors (Lipinski definition) is 0. The zero-order valence-electron chi connectivity index (χ0n) is 15.2. The first-order valence-electron chi connectivity index (χ1n) is 9.05. The number of likely N-dealkylation sites (tertiary alicyclic amines) is 1. The van der Waals surface area contributed by atoms with E-state index in [1.54, 1.807) is 35.2 Å². The van der Waals surface area contributed by atoms with Crippen LogP contribution in [0.25, 0.3) is 0 Å². The van der Waals surface area contributed by atoms with Crippen LogP contribution < -0.4 is 4.74 Å². The Morgan fingerprint density at radius 1 is 1.07 bits per heavy atom. The number of hydrogen-bond acceptors (Lipinski definition) is 3. The fourth-order valence-corrected chi connectivity index (χ4v) is 4.70. The van der Waals surface area contributed by atoms with Crippen LogP contribution in [0.3, 0.4) is 0 Å². The normalized spacial score (nSPS) is 18.0. The van der Waals surface area contributed by atoms with E-state index in [0.717, 1.165) is 5.56 Å². The van der Waals surface area contributed by atoms with Crippen molar-refractivity contribution >= 4 is 46.5 Å². The van der Waals surface area contributed by atoms with Gasteiger partial charge in [0.15, 0.2) is 5.78 Å². The molecule has 0 aromatic heterocycles. The SMILES string of the molecule is Cc1cc(Cl)cc2c1OC1(CCN(C(=O)c3ccc(Cl)cc3Cl)CC1)CC2=O. The number of Topliss-reactive ketones (excluding diaryl/α,β-unsaturated/α-hetero) is 1. The molecule has 0 aliphatic carbocycles. The Balaban J connectivity index is 1.52. The van der Waals surface area contributed by atoms with Gasteiger partial charge in [0.2, 0.25) is 0 Å². The monoisotopic (exact) mass is 437 g/mol. The van der Waals surface area contributed by atoms with Crippen molar-refractivity contribution in [2.75, 3.05) is 13.1 Å². The van der Waals surface area contributed by atoms with Gasteiger partial charge in [0.25, 0.3) is 5.91 Å². The fraction of sp³-hybridized carbons (Fsp3) is 0.333. The number of amides is 1. The van der Waals surface area contributed by atoms with Gasteiger partial charge in [-0.3, -0.25) is 9.59 Å².